The highest BCUT2D eigenvalue weighted by molar-refractivity contribution is 5.89. The zero-order chi connectivity index (χ0) is 28.6. The first kappa shape index (κ1) is 28.1. The fraction of sp³-hybridized carbons (Fsp3) is 0.571. The highest BCUT2D eigenvalue weighted by atomic mass is 16.5. The maximum absolute atomic E-state index is 12.7. The van der Waals surface area contributed by atoms with Crippen LogP contribution >= 0.6 is 0 Å². The number of nitrogens with two attached hydrogens (primary N) is 2. The van der Waals surface area contributed by atoms with E-state index in [0.717, 1.165) is 37.2 Å². The molecule has 0 bridgehead atoms. The molecule has 1 aromatic heterocycles. The molecular weight excluding hydrogens is 512 g/mol. The lowest BCUT2D eigenvalue weighted by atomic mass is 10.1. The molecule has 3 fully saturated rings. The van der Waals surface area contributed by atoms with Gasteiger partial charge in [-0.05, 0) is 75.4 Å². The Hall–Kier alpha value is -3.48. The van der Waals surface area contributed by atoms with Crippen LogP contribution in [0.5, 0.6) is 5.75 Å². The summed E-state index contributed by atoms with van der Waals surface area (Å²) < 4.78 is 7.42. The lowest BCUT2D eigenvalue weighted by Gasteiger charge is -2.37. The fourth-order valence-electron chi connectivity index (χ4n) is 5.79. The van der Waals surface area contributed by atoms with E-state index in [9.17, 15) is 14.4 Å². The Balaban J connectivity index is 1.10. The van der Waals surface area contributed by atoms with Gasteiger partial charge in [-0.2, -0.15) is 4.98 Å². The number of piperidine rings is 1. The Labute approximate surface area is 234 Å². The number of nitrogens with zero attached hydrogens (tertiary/aromatic N) is 5. The minimum Gasteiger partial charge on any atom is -0.492 e. The van der Waals surface area contributed by atoms with Crippen molar-refractivity contribution in [3.63, 3.8) is 0 Å². The van der Waals surface area contributed by atoms with Gasteiger partial charge >= 0.3 is 11.7 Å². The number of fused-ring (bicyclic) bond motifs is 1. The largest absolute Gasteiger partial charge is 0.492 e. The number of ether oxygens (including phenoxy) is 1. The molecule has 5 N–H and O–H groups in total. The van der Waals surface area contributed by atoms with E-state index >= 15 is 0 Å². The van der Waals surface area contributed by atoms with E-state index in [-0.39, 0.29) is 17.8 Å². The number of likely N-dealkylation sites (tertiary alicyclic amines) is 1. The number of hydrogen-bond acceptors (Lipinski definition) is 8. The summed E-state index contributed by atoms with van der Waals surface area (Å²) in [4.78, 5) is 47.5. The molecule has 2 saturated heterocycles. The highest BCUT2D eigenvalue weighted by Crippen LogP contribution is 2.51. The van der Waals surface area contributed by atoms with E-state index in [2.05, 4.69) is 22.1 Å². The zero-order valence-electron chi connectivity index (χ0n) is 23.5. The van der Waals surface area contributed by atoms with Crippen molar-refractivity contribution in [2.75, 3.05) is 57.7 Å². The normalized spacial score (nSPS) is 23.5. The highest BCUT2D eigenvalue weighted by Gasteiger charge is 2.55. The number of carbonyl (C=O) groups is 2. The van der Waals surface area contributed by atoms with Crippen LogP contribution in [0.15, 0.2) is 41.3 Å². The second-order valence-electron chi connectivity index (χ2n) is 11.7. The molecule has 1 aliphatic carbocycles. The molecule has 2 aromatic rings. The number of anilines is 1. The van der Waals surface area contributed by atoms with E-state index in [4.69, 9.17) is 16.2 Å². The van der Waals surface area contributed by atoms with E-state index in [1.54, 1.807) is 35.9 Å². The van der Waals surface area contributed by atoms with Crippen LogP contribution in [0.25, 0.3) is 5.69 Å². The number of hydrogen-bond donors (Lipinski definition) is 3. The molecule has 216 valence electrons. The van der Waals surface area contributed by atoms with Crippen molar-refractivity contribution in [2.45, 2.75) is 32.4 Å². The zero-order valence-corrected chi connectivity index (χ0v) is 23.5. The van der Waals surface area contributed by atoms with Gasteiger partial charge in [0.05, 0.1) is 11.2 Å². The van der Waals surface area contributed by atoms with Gasteiger partial charge in [0.15, 0.2) is 0 Å². The Kier molecular flexibility index (Phi) is 7.85. The van der Waals surface area contributed by atoms with Crippen molar-refractivity contribution in [1.82, 2.24) is 24.3 Å². The van der Waals surface area contributed by atoms with Crippen LogP contribution in [0.3, 0.4) is 0 Å². The SMILES string of the molecule is CC(COc1ccc(-n2ccc(NC(=O)N3CCN(C(=O)C(C)(C)N)CC3)nc2=O)cc1)N1C[C@@H]2C(CN)[C@@H]2C1. The number of piperazine rings is 1. The first-order valence-corrected chi connectivity index (χ1v) is 14.0. The van der Waals surface area contributed by atoms with Crippen LogP contribution in [-0.2, 0) is 4.79 Å². The third-order valence-electron chi connectivity index (χ3n) is 8.35. The molecule has 3 aliphatic rings. The van der Waals surface area contributed by atoms with Gasteiger partial charge in [-0.25, -0.2) is 9.59 Å². The van der Waals surface area contributed by atoms with Gasteiger partial charge in [0.1, 0.15) is 18.2 Å². The molecule has 3 amide bonds. The van der Waals surface area contributed by atoms with Crippen molar-refractivity contribution in [3.8, 4) is 11.4 Å². The molecule has 1 aromatic carbocycles. The van der Waals surface area contributed by atoms with Crippen LogP contribution < -0.4 is 27.2 Å². The van der Waals surface area contributed by atoms with E-state index in [1.807, 2.05) is 24.3 Å². The molecule has 4 atom stereocenters. The van der Waals surface area contributed by atoms with E-state index in [0.29, 0.717) is 50.4 Å². The van der Waals surface area contributed by atoms with Crippen molar-refractivity contribution in [1.29, 1.82) is 0 Å². The number of aromatic nitrogens is 2. The second-order valence-corrected chi connectivity index (χ2v) is 11.7. The monoisotopic (exact) mass is 552 g/mol. The minimum atomic E-state index is -0.951. The lowest BCUT2D eigenvalue weighted by Crippen LogP contribution is -2.58. The maximum Gasteiger partial charge on any atom is 0.354 e. The molecule has 12 heteroatoms. The third-order valence-corrected chi connectivity index (χ3v) is 8.35. The van der Waals surface area contributed by atoms with Gasteiger partial charge in [-0.15, -0.1) is 0 Å². The van der Waals surface area contributed by atoms with Gasteiger partial charge in [-0.3, -0.25) is 19.6 Å². The van der Waals surface area contributed by atoms with Gasteiger partial charge in [0.25, 0.3) is 0 Å². The molecule has 3 heterocycles. The number of benzene rings is 1. The average molecular weight is 553 g/mol. The molecule has 2 unspecified atom stereocenters. The number of amides is 3. The first-order valence-electron chi connectivity index (χ1n) is 14.0. The Morgan fingerprint density at radius 2 is 1.70 bits per heavy atom. The number of urea groups is 1. The molecule has 0 spiro atoms. The molecule has 5 rings (SSSR count). The Morgan fingerprint density at radius 1 is 1.07 bits per heavy atom. The summed E-state index contributed by atoms with van der Waals surface area (Å²) >= 11 is 0. The van der Waals surface area contributed by atoms with Crippen LogP contribution in [-0.4, -0.2) is 100 Å². The fourth-order valence-corrected chi connectivity index (χ4v) is 5.79. The van der Waals surface area contributed by atoms with Crippen molar-refractivity contribution in [2.24, 2.45) is 29.2 Å². The molecule has 12 nitrogen and oxygen atoms in total. The lowest BCUT2D eigenvalue weighted by molar-refractivity contribution is -0.137. The predicted octanol–water partition coefficient (Wildman–Crippen LogP) is 0.550. The maximum atomic E-state index is 12.7. The summed E-state index contributed by atoms with van der Waals surface area (Å²) in [7, 11) is 0. The minimum absolute atomic E-state index is 0.147. The van der Waals surface area contributed by atoms with Crippen LogP contribution in [0.4, 0.5) is 10.6 Å². The van der Waals surface area contributed by atoms with Crippen molar-refractivity contribution < 1.29 is 14.3 Å². The summed E-state index contributed by atoms with van der Waals surface area (Å²) in [6, 6.07) is 8.83. The second kappa shape index (κ2) is 11.2. The Morgan fingerprint density at radius 3 is 2.27 bits per heavy atom. The Bertz CT molecular complexity index is 1270. The van der Waals surface area contributed by atoms with Gasteiger partial charge in [0, 0.05) is 51.5 Å². The summed E-state index contributed by atoms with van der Waals surface area (Å²) in [5.74, 6) is 2.99. The van der Waals surface area contributed by atoms with Crippen LogP contribution in [0.2, 0.25) is 0 Å². The smallest absolute Gasteiger partial charge is 0.354 e. The topological polar surface area (TPSA) is 152 Å². The molecular formula is C28H40N8O4. The van der Waals surface area contributed by atoms with Gasteiger partial charge < -0.3 is 26.0 Å². The summed E-state index contributed by atoms with van der Waals surface area (Å²) in [6.07, 6.45) is 1.58. The van der Waals surface area contributed by atoms with Crippen molar-refractivity contribution >= 4 is 17.8 Å². The van der Waals surface area contributed by atoms with Gasteiger partial charge in [0.2, 0.25) is 5.91 Å². The standard InChI is InChI=1S/C28H40N8O4/c1-18(35-15-22-21(14-29)23(22)16-35)17-40-20-6-4-19(5-7-20)36-9-8-24(32-27(36)39)31-26(38)34-12-10-33(11-13-34)25(37)28(2,3)30/h4-9,18,21-23H,10-17,29-30H2,1-3H3,(H,31,32,38,39)/t18?,21?,22-,23+. The summed E-state index contributed by atoms with van der Waals surface area (Å²) in [6.45, 7) is 10.7. The van der Waals surface area contributed by atoms with E-state index < -0.39 is 11.2 Å². The summed E-state index contributed by atoms with van der Waals surface area (Å²) in [5, 5.41) is 2.68. The molecule has 0 radical (unpaired) electrons. The molecule has 40 heavy (non-hydrogen) atoms. The molecule has 2 aliphatic heterocycles. The number of nitrogens with one attached hydrogen (secondary N) is 1. The first-order chi connectivity index (χ1) is 19.0. The average Bonchev–Trinajstić information content (AvgIpc) is 3.41. The van der Waals surface area contributed by atoms with Crippen LogP contribution in [0, 0.1) is 17.8 Å². The van der Waals surface area contributed by atoms with E-state index in [1.165, 1.54) is 4.57 Å². The quantitative estimate of drug-likeness (QED) is 0.429. The van der Waals surface area contributed by atoms with Crippen molar-refractivity contribution in [3.05, 3.63) is 47.0 Å². The molecule has 1 saturated carbocycles. The number of rotatable bonds is 8. The number of carbonyl (C=O) groups excluding carboxylic acids is 2. The van der Waals surface area contributed by atoms with Crippen LogP contribution in [0.1, 0.15) is 20.8 Å². The predicted molar refractivity (Wildman–Crippen MR) is 151 cm³/mol. The van der Waals surface area contributed by atoms with Gasteiger partial charge in [-0.1, -0.05) is 0 Å². The third kappa shape index (κ3) is 5.98. The summed E-state index contributed by atoms with van der Waals surface area (Å²) in [5.41, 5.74) is 10.9.